The molecule has 18 heavy (non-hydrogen) atoms. The minimum absolute atomic E-state index is 0.0677. The number of nitrogens with zero attached hydrogens (tertiary/aromatic N) is 1. The second kappa shape index (κ2) is 5.11. The number of rotatable bonds is 3. The van der Waals surface area contributed by atoms with Crippen molar-refractivity contribution in [2.24, 2.45) is 5.92 Å². The predicted molar refractivity (Wildman–Crippen MR) is 63.9 cm³/mol. The van der Waals surface area contributed by atoms with E-state index in [0.29, 0.717) is 18.4 Å². The monoisotopic (exact) mass is 295 g/mol. The summed E-state index contributed by atoms with van der Waals surface area (Å²) in [6.07, 6.45) is 0.639. The van der Waals surface area contributed by atoms with Crippen molar-refractivity contribution in [1.29, 1.82) is 0 Å². The van der Waals surface area contributed by atoms with Crippen LogP contribution in [0.25, 0.3) is 0 Å². The Morgan fingerprint density at radius 2 is 2.11 bits per heavy atom. The molecule has 1 unspecified atom stereocenters. The van der Waals surface area contributed by atoms with Gasteiger partial charge in [0.25, 0.3) is 0 Å². The maximum absolute atomic E-state index is 13.5. The van der Waals surface area contributed by atoms with Gasteiger partial charge in [-0.15, -0.1) is 11.6 Å². The molecule has 3 nitrogen and oxygen atoms in total. The molecular weight excluding hydrogens is 284 g/mol. The number of hydrogen-bond donors (Lipinski definition) is 0. The van der Waals surface area contributed by atoms with E-state index in [1.54, 1.807) is 0 Å². The topological polar surface area (TPSA) is 37.4 Å². The highest BCUT2D eigenvalue weighted by Crippen LogP contribution is 2.26. The first kappa shape index (κ1) is 13.7. The van der Waals surface area contributed by atoms with E-state index in [2.05, 4.69) is 0 Å². The summed E-state index contributed by atoms with van der Waals surface area (Å²) in [6.45, 7) is 0.539. The highest BCUT2D eigenvalue weighted by atomic mass is 35.5. The Labute approximate surface area is 109 Å². The van der Waals surface area contributed by atoms with Crippen LogP contribution in [0.4, 0.5) is 8.78 Å². The summed E-state index contributed by atoms with van der Waals surface area (Å²) in [4.78, 5) is -0.613. The third kappa shape index (κ3) is 2.50. The molecule has 0 N–H and O–H groups in total. The summed E-state index contributed by atoms with van der Waals surface area (Å²) >= 11 is 5.67. The Balaban J connectivity index is 2.34. The van der Waals surface area contributed by atoms with Gasteiger partial charge in [-0.1, -0.05) is 0 Å². The van der Waals surface area contributed by atoms with E-state index in [1.807, 2.05) is 0 Å². The number of halogens is 3. The van der Waals surface area contributed by atoms with Crippen LogP contribution in [0.3, 0.4) is 0 Å². The Hall–Kier alpha value is -0.720. The van der Waals surface area contributed by atoms with Crippen molar-refractivity contribution in [1.82, 2.24) is 4.31 Å². The summed E-state index contributed by atoms with van der Waals surface area (Å²) in [5, 5.41) is 0. The molecule has 1 heterocycles. The highest BCUT2D eigenvalue weighted by Gasteiger charge is 2.33. The standard InChI is InChI=1S/C11H12ClF2NO2S/c12-6-8-3-4-15(7-8)18(16,17)11-5-9(13)1-2-10(11)14/h1-2,5,8H,3-4,6-7H2. The van der Waals surface area contributed by atoms with E-state index >= 15 is 0 Å². The van der Waals surface area contributed by atoms with Gasteiger partial charge in [0.1, 0.15) is 16.5 Å². The lowest BCUT2D eigenvalue weighted by atomic mass is 10.2. The van der Waals surface area contributed by atoms with E-state index < -0.39 is 26.6 Å². The van der Waals surface area contributed by atoms with Crippen LogP contribution in [0.2, 0.25) is 0 Å². The van der Waals surface area contributed by atoms with Crippen LogP contribution in [0.5, 0.6) is 0 Å². The quantitative estimate of drug-likeness (QED) is 0.802. The summed E-state index contributed by atoms with van der Waals surface area (Å²) in [5.41, 5.74) is 0. The van der Waals surface area contributed by atoms with E-state index in [4.69, 9.17) is 11.6 Å². The molecule has 0 spiro atoms. The van der Waals surface area contributed by atoms with Crippen LogP contribution >= 0.6 is 11.6 Å². The fourth-order valence-corrected chi connectivity index (χ4v) is 3.81. The van der Waals surface area contributed by atoms with Gasteiger partial charge in [-0.2, -0.15) is 4.31 Å². The second-order valence-corrected chi connectivity index (χ2v) is 6.46. The summed E-state index contributed by atoms with van der Waals surface area (Å²) in [6, 6.07) is 2.41. The van der Waals surface area contributed by atoms with E-state index in [1.165, 1.54) is 0 Å². The zero-order chi connectivity index (χ0) is 13.3. The van der Waals surface area contributed by atoms with Crippen LogP contribution in [0, 0.1) is 17.6 Å². The fourth-order valence-electron chi connectivity index (χ4n) is 1.96. The molecule has 0 aliphatic carbocycles. The highest BCUT2D eigenvalue weighted by molar-refractivity contribution is 7.89. The van der Waals surface area contributed by atoms with Gasteiger partial charge in [-0.3, -0.25) is 0 Å². The van der Waals surface area contributed by atoms with Crippen LogP contribution in [0.1, 0.15) is 6.42 Å². The van der Waals surface area contributed by atoms with Crippen molar-refractivity contribution in [3.8, 4) is 0 Å². The fraction of sp³-hybridized carbons (Fsp3) is 0.455. The lowest BCUT2D eigenvalue weighted by molar-refractivity contribution is 0.457. The van der Waals surface area contributed by atoms with E-state index in [0.717, 1.165) is 16.4 Å². The van der Waals surface area contributed by atoms with Gasteiger partial charge in [-0.05, 0) is 30.5 Å². The second-order valence-electron chi connectivity index (χ2n) is 4.25. The minimum Gasteiger partial charge on any atom is -0.207 e. The average Bonchev–Trinajstić information content (AvgIpc) is 2.81. The van der Waals surface area contributed by atoms with Crippen molar-refractivity contribution in [3.63, 3.8) is 0 Å². The zero-order valence-corrected chi connectivity index (χ0v) is 11.0. The molecular formula is C11H12ClF2NO2S. The third-order valence-electron chi connectivity index (χ3n) is 2.98. The number of alkyl halides is 1. The van der Waals surface area contributed by atoms with Crippen molar-refractivity contribution in [3.05, 3.63) is 29.8 Å². The molecule has 7 heteroatoms. The van der Waals surface area contributed by atoms with E-state index in [9.17, 15) is 17.2 Å². The first-order valence-electron chi connectivity index (χ1n) is 5.46. The summed E-state index contributed by atoms with van der Waals surface area (Å²) < 4.78 is 52.0. The minimum atomic E-state index is -3.98. The van der Waals surface area contributed by atoms with Crippen LogP contribution in [-0.4, -0.2) is 31.7 Å². The number of sulfonamides is 1. The van der Waals surface area contributed by atoms with Crippen molar-refractivity contribution < 1.29 is 17.2 Å². The molecule has 1 aromatic rings. The van der Waals surface area contributed by atoms with Gasteiger partial charge in [0.2, 0.25) is 10.0 Å². The third-order valence-corrected chi connectivity index (χ3v) is 5.29. The Morgan fingerprint density at radius 3 is 2.72 bits per heavy atom. The maximum Gasteiger partial charge on any atom is 0.246 e. The molecule has 1 atom stereocenters. The summed E-state index contributed by atoms with van der Waals surface area (Å²) in [5.74, 6) is -1.29. The van der Waals surface area contributed by atoms with Crippen molar-refractivity contribution in [2.45, 2.75) is 11.3 Å². The van der Waals surface area contributed by atoms with Gasteiger partial charge in [-0.25, -0.2) is 17.2 Å². The Kier molecular flexibility index (Phi) is 3.89. The smallest absolute Gasteiger partial charge is 0.207 e. The number of benzene rings is 1. The Bertz CT molecular complexity index is 550. The molecule has 1 aliphatic heterocycles. The largest absolute Gasteiger partial charge is 0.246 e. The molecule has 0 amide bonds. The predicted octanol–water partition coefficient (Wildman–Crippen LogP) is 2.21. The number of hydrogen-bond acceptors (Lipinski definition) is 2. The first-order valence-corrected chi connectivity index (χ1v) is 7.44. The van der Waals surface area contributed by atoms with Gasteiger partial charge in [0.15, 0.2) is 0 Å². The molecule has 0 bridgehead atoms. The van der Waals surface area contributed by atoms with Gasteiger partial charge in [0, 0.05) is 19.0 Å². The van der Waals surface area contributed by atoms with E-state index in [-0.39, 0.29) is 19.0 Å². The molecule has 1 saturated heterocycles. The van der Waals surface area contributed by atoms with Crippen LogP contribution < -0.4 is 0 Å². The molecule has 1 fully saturated rings. The molecule has 0 radical (unpaired) electrons. The SMILES string of the molecule is O=S(=O)(c1cc(F)ccc1F)N1CCC(CCl)C1. The Morgan fingerprint density at radius 1 is 1.39 bits per heavy atom. The van der Waals surface area contributed by atoms with Gasteiger partial charge < -0.3 is 0 Å². The van der Waals surface area contributed by atoms with Crippen molar-refractivity contribution >= 4 is 21.6 Å². The zero-order valence-electron chi connectivity index (χ0n) is 9.44. The molecule has 2 rings (SSSR count). The van der Waals surface area contributed by atoms with Gasteiger partial charge in [0.05, 0.1) is 0 Å². The average molecular weight is 296 g/mol. The maximum atomic E-state index is 13.5. The molecule has 0 aromatic heterocycles. The lowest BCUT2D eigenvalue weighted by Gasteiger charge is -2.16. The molecule has 0 saturated carbocycles. The van der Waals surface area contributed by atoms with Gasteiger partial charge >= 0.3 is 0 Å². The van der Waals surface area contributed by atoms with Crippen molar-refractivity contribution in [2.75, 3.05) is 19.0 Å². The molecule has 1 aliphatic rings. The molecule has 100 valence electrons. The normalized spacial score (nSPS) is 21.4. The molecule has 1 aromatic carbocycles. The first-order chi connectivity index (χ1) is 8.45. The summed E-state index contributed by atoms with van der Waals surface area (Å²) in [7, 11) is -3.98. The lowest BCUT2D eigenvalue weighted by Crippen LogP contribution is -2.29. The van der Waals surface area contributed by atoms with Crippen LogP contribution in [-0.2, 0) is 10.0 Å². The van der Waals surface area contributed by atoms with Crippen LogP contribution in [0.15, 0.2) is 23.1 Å².